The number of ether oxygens (including phenoxy) is 4. The molecule has 0 saturated carbocycles. The molecule has 2 fully saturated rings. The third-order valence-corrected chi connectivity index (χ3v) is 13.4. The zero-order chi connectivity index (χ0) is 52.4. The number of tetrazole rings is 2. The van der Waals surface area contributed by atoms with Crippen molar-refractivity contribution in [3.8, 4) is 11.5 Å². The molecule has 30 nitrogen and oxygen atoms in total. The summed E-state index contributed by atoms with van der Waals surface area (Å²) in [5, 5.41) is 89.3. The predicted octanol–water partition coefficient (Wildman–Crippen LogP) is -10.9. The van der Waals surface area contributed by atoms with E-state index in [0.717, 1.165) is 47.5 Å². The number of aromatic nitrogens is 8. The van der Waals surface area contributed by atoms with Crippen LogP contribution < -0.4 is 80.0 Å². The molecule has 6 atom stereocenters. The molecule has 0 bridgehead atoms. The number of benzene rings is 2. The maximum atomic E-state index is 13.2. The van der Waals surface area contributed by atoms with E-state index in [1.54, 1.807) is 14.1 Å². The minimum atomic E-state index is -2.17. The van der Waals surface area contributed by atoms with E-state index in [4.69, 9.17) is 18.9 Å². The first-order chi connectivity index (χ1) is 34.2. The molecule has 4 aliphatic heterocycles. The van der Waals surface area contributed by atoms with Gasteiger partial charge in [0, 0.05) is 39.8 Å². The van der Waals surface area contributed by atoms with Crippen LogP contribution >= 0.6 is 23.5 Å². The molecule has 0 spiro atoms. The number of hydrogen-bond donors (Lipinski definition) is 6. The summed E-state index contributed by atoms with van der Waals surface area (Å²) in [5.41, 5.74) is -4.77. The molecule has 4 amide bonds. The third kappa shape index (κ3) is 11.2. The molecule has 4 aliphatic rings. The molecule has 74 heavy (non-hydrogen) atoms. The molecule has 2 aromatic carbocycles. The zero-order valence-corrected chi connectivity index (χ0v) is 45.2. The Hall–Kier alpha value is -6.04. The molecule has 6 heterocycles. The van der Waals surface area contributed by atoms with E-state index in [-0.39, 0.29) is 118 Å². The molecule has 2 aromatic heterocycles. The molecule has 8 rings (SSSR count). The average molecular weight is 1080 g/mol. The number of phenols is 2. The monoisotopic (exact) mass is 1080 g/mol. The molecule has 0 radical (unpaired) electrons. The number of hydrogen-bond acceptors (Lipinski definition) is 24. The van der Waals surface area contributed by atoms with Crippen LogP contribution in [0.4, 0.5) is 0 Å². The van der Waals surface area contributed by atoms with Crippen molar-refractivity contribution in [1.29, 1.82) is 0 Å². The number of aromatic hydroxyl groups is 2. The van der Waals surface area contributed by atoms with E-state index in [1.807, 2.05) is 0 Å². The SMILES string of the molecule is CO[C@@]1(NC(=O)C(C(=O)O)c2ccc(O)cc2)C(=O)N2C(C(=O)[O-])=C(CSc3nnnn3C)CO[C@@H]21.CO[C@@]1(NC(=O)C(C(=O)O)c2ccc(O)cc2)C(=O)N2C(C(=O)[O-])=C(CSc3nnnn3C)CO[C@@H]21.[Na+].[Na+]. The Kier molecular flexibility index (Phi) is 19.2. The summed E-state index contributed by atoms with van der Waals surface area (Å²) in [7, 11) is 5.37. The molecular formula is C40H38N12Na2O18S2. The van der Waals surface area contributed by atoms with Gasteiger partial charge in [-0.2, -0.15) is 0 Å². The summed E-state index contributed by atoms with van der Waals surface area (Å²) in [6, 6.07) is 9.80. The topological polar surface area (TPSA) is 418 Å². The number of phenolic OH excluding ortho intramolecular Hbond substituents is 2. The van der Waals surface area contributed by atoms with Gasteiger partial charge in [-0.25, -0.2) is 9.36 Å². The molecule has 0 aliphatic carbocycles. The van der Waals surface area contributed by atoms with E-state index >= 15 is 0 Å². The summed E-state index contributed by atoms with van der Waals surface area (Å²) in [6.45, 7) is -0.505. The Bertz CT molecular complexity index is 2730. The number of aryl methyl sites for hydroxylation is 2. The van der Waals surface area contributed by atoms with Crippen molar-refractivity contribution < 1.29 is 147 Å². The van der Waals surface area contributed by atoms with Crippen LogP contribution in [0.1, 0.15) is 23.0 Å². The van der Waals surface area contributed by atoms with E-state index in [9.17, 15) is 69.0 Å². The quantitative estimate of drug-likeness (QED) is 0.0177. The Labute approximate surface area is 468 Å². The van der Waals surface area contributed by atoms with Crippen molar-refractivity contribution in [3.05, 3.63) is 82.2 Å². The van der Waals surface area contributed by atoms with Gasteiger partial charge in [0.2, 0.25) is 22.1 Å². The number of β-lactam (4-membered cyclic amide) rings is 2. The number of carbonyl (C=O) groups is 8. The Morgan fingerprint density at radius 2 is 1.01 bits per heavy atom. The largest absolute Gasteiger partial charge is 1.00 e. The zero-order valence-electron chi connectivity index (χ0n) is 39.5. The van der Waals surface area contributed by atoms with Crippen LogP contribution in [0.15, 0.2) is 81.4 Å². The minimum absolute atomic E-state index is 0. The fourth-order valence-corrected chi connectivity index (χ4v) is 9.41. The first-order valence-corrected chi connectivity index (χ1v) is 22.4. The normalized spacial score (nSPS) is 21.4. The number of thioether (sulfide) groups is 2. The molecular weight excluding hydrogens is 1050 g/mol. The van der Waals surface area contributed by atoms with Crippen molar-refractivity contribution in [1.82, 2.24) is 60.8 Å². The van der Waals surface area contributed by atoms with Gasteiger partial charge in [0.15, 0.2) is 24.3 Å². The summed E-state index contributed by atoms with van der Waals surface area (Å²) in [5.74, 6) is -14.2. The van der Waals surface area contributed by atoms with Gasteiger partial charge in [-0.15, -0.1) is 10.2 Å². The van der Waals surface area contributed by atoms with Gasteiger partial charge in [-0.1, -0.05) is 47.8 Å². The maximum Gasteiger partial charge on any atom is 1.00 e. The summed E-state index contributed by atoms with van der Waals surface area (Å²) in [4.78, 5) is 101. The van der Waals surface area contributed by atoms with Crippen molar-refractivity contribution in [2.45, 2.75) is 46.1 Å². The number of nitrogens with one attached hydrogen (secondary N) is 2. The molecule has 2 unspecified atom stereocenters. The number of rotatable bonds is 18. The second kappa shape index (κ2) is 24.1. The Balaban J connectivity index is 0.000000267. The number of carbonyl (C=O) groups excluding carboxylic acids is 6. The third-order valence-electron chi connectivity index (χ3n) is 11.3. The van der Waals surface area contributed by atoms with Crippen LogP contribution in [0.3, 0.4) is 0 Å². The van der Waals surface area contributed by atoms with Crippen molar-refractivity contribution in [3.63, 3.8) is 0 Å². The van der Waals surface area contributed by atoms with Gasteiger partial charge in [0.25, 0.3) is 23.3 Å². The fourth-order valence-electron chi connectivity index (χ4n) is 7.73. The smallest absolute Gasteiger partial charge is 0.543 e. The van der Waals surface area contributed by atoms with Crippen molar-refractivity contribution in [2.24, 2.45) is 14.1 Å². The average Bonchev–Trinajstić information content (AvgIpc) is 3.97. The van der Waals surface area contributed by atoms with E-state index in [1.165, 1.54) is 57.9 Å². The summed E-state index contributed by atoms with van der Waals surface area (Å²) in [6.07, 6.45) is -2.79. The fraction of sp³-hybridized carbons (Fsp3) is 0.350. The van der Waals surface area contributed by atoms with Gasteiger partial charge in [-0.05, 0) is 67.4 Å². The summed E-state index contributed by atoms with van der Waals surface area (Å²) >= 11 is 2.22. The van der Waals surface area contributed by atoms with Gasteiger partial charge >= 0.3 is 71.1 Å². The number of aliphatic carboxylic acids is 4. The van der Waals surface area contributed by atoms with Gasteiger partial charge in [-0.3, -0.25) is 38.6 Å². The Morgan fingerprint density at radius 1 is 0.676 bits per heavy atom. The predicted molar refractivity (Wildman–Crippen MR) is 229 cm³/mol. The molecule has 2 saturated heterocycles. The van der Waals surface area contributed by atoms with Crippen LogP contribution in [0.5, 0.6) is 11.5 Å². The van der Waals surface area contributed by atoms with Gasteiger partial charge in [0.05, 0.1) is 36.5 Å². The molecule has 380 valence electrons. The first-order valence-electron chi connectivity index (χ1n) is 20.5. The Morgan fingerprint density at radius 3 is 1.28 bits per heavy atom. The number of nitrogens with zero attached hydrogens (tertiary/aromatic N) is 10. The van der Waals surface area contributed by atoms with Crippen LogP contribution in [-0.2, 0) is 71.4 Å². The van der Waals surface area contributed by atoms with Crippen LogP contribution in [0.25, 0.3) is 0 Å². The first kappa shape index (κ1) is 58.8. The second-order valence-corrected chi connectivity index (χ2v) is 17.4. The van der Waals surface area contributed by atoms with Crippen LogP contribution in [-0.4, -0.2) is 181 Å². The summed E-state index contributed by atoms with van der Waals surface area (Å²) < 4.78 is 24.6. The van der Waals surface area contributed by atoms with Gasteiger partial charge < -0.3 is 69.8 Å². The number of methoxy groups -OCH3 is 2. The maximum absolute atomic E-state index is 13.2. The number of carboxylic acid groups (broad SMARTS) is 4. The molecule has 34 heteroatoms. The van der Waals surface area contributed by atoms with E-state index in [0.29, 0.717) is 10.3 Å². The van der Waals surface area contributed by atoms with Crippen LogP contribution in [0.2, 0.25) is 0 Å². The standard InChI is InChI=1S/2C20H20N6O9S.2Na/c2*1-25-19(22-23-24-25)36-8-10-7-35-18-20(34-2,17(33)26(18)13(10)16(31)32)21-14(28)12(15(29)30)9-3-5-11(27)6-4-9;;/h2*3-6,12,18,27H,7-8H2,1-2H3,(H,21,28)(H,29,30)(H,31,32);;/q;;2*+1/p-2/t2*12?,18-,20+;;/m11../s1. The van der Waals surface area contributed by atoms with E-state index < -0.39 is 94.6 Å². The number of amides is 4. The molecule has 4 aromatic rings. The molecule has 6 N–H and O–H groups in total. The number of fused-ring (bicyclic) bond motifs is 2. The van der Waals surface area contributed by atoms with Crippen molar-refractivity contribution in [2.75, 3.05) is 38.9 Å². The second-order valence-electron chi connectivity index (χ2n) is 15.5. The van der Waals surface area contributed by atoms with Gasteiger partial charge in [0.1, 0.15) is 11.5 Å². The van der Waals surface area contributed by atoms with Crippen LogP contribution in [0, 0.1) is 0 Å². The minimum Gasteiger partial charge on any atom is -0.543 e. The van der Waals surface area contributed by atoms with Crippen molar-refractivity contribution >= 4 is 71.0 Å². The van der Waals surface area contributed by atoms with E-state index in [2.05, 4.69) is 41.7 Å². The number of carboxylic acids is 4.